The lowest BCUT2D eigenvalue weighted by Gasteiger charge is -2.26. The van der Waals surface area contributed by atoms with Crippen LogP contribution in [-0.4, -0.2) is 32.9 Å². The quantitative estimate of drug-likeness (QED) is 0.221. The molecule has 0 radical (unpaired) electrons. The Hall–Kier alpha value is -5.02. The zero-order valence-corrected chi connectivity index (χ0v) is 23.1. The predicted octanol–water partition coefficient (Wildman–Crippen LogP) is 5.12. The SMILES string of the molecule is Cc1cc2cnn(-c3cnn(C)c3)c2cc1NS(=O)(=O)c1cccc(C2CCCc3cc(C#N)ccc32)c1[N+](=O)[O-]. The Morgan fingerprint density at radius 3 is 2.68 bits per heavy atom. The third kappa shape index (κ3) is 4.60. The van der Waals surface area contributed by atoms with Crippen LogP contribution in [0.3, 0.4) is 0 Å². The summed E-state index contributed by atoms with van der Waals surface area (Å²) in [5, 5.41) is 31.2. The van der Waals surface area contributed by atoms with Crippen molar-refractivity contribution in [2.45, 2.75) is 37.0 Å². The average molecular weight is 568 g/mol. The highest BCUT2D eigenvalue weighted by Crippen LogP contribution is 2.43. The number of hydrogen-bond acceptors (Lipinski definition) is 7. The molecule has 0 aliphatic heterocycles. The zero-order chi connectivity index (χ0) is 28.9. The summed E-state index contributed by atoms with van der Waals surface area (Å²) in [5.74, 6) is -0.367. The summed E-state index contributed by atoms with van der Waals surface area (Å²) in [6, 6.07) is 15.4. The van der Waals surface area contributed by atoms with Crippen molar-refractivity contribution < 1.29 is 13.3 Å². The standard InChI is InChI=1S/C29H25N7O4S/c1-18-11-21-15-32-35(22-16-31-34(2)17-22)27(21)13-26(18)33-41(39,40)28-8-4-7-25(29(28)36(37)38)24-6-3-5-20-12-19(14-30)9-10-23(20)24/h4,7-13,15-17,24,33H,3,5-6H2,1-2H3. The monoisotopic (exact) mass is 567 g/mol. The van der Waals surface area contributed by atoms with Gasteiger partial charge in [-0.3, -0.25) is 19.5 Å². The van der Waals surface area contributed by atoms with E-state index in [9.17, 15) is 23.8 Å². The van der Waals surface area contributed by atoms with Crippen LogP contribution in [-0.2, 0) is 23.5 Å². The highest BCUT2D eigenvalue weighted by atomic mass is 32.2. The number of nitrogens with one attached hydrogen (secondary N) is 1. The van der Waals surface area contributed by atoms with Crippen molar-refractivity contribution in [3.8, 4) is 11.8 Å². The number of nitro groups is 1. The third-order valence-electron chi connectivity index (χ3n) is 7.56. The second-order valence-electron chi connectivity index (χ2n) is 10.2. The molecule has 206 valence electrons. The number of benzene rings is 3. The predicted molar refractivity (Wildman–Crippen MR) is 152 cm³/mol. The molecule has 12 heteroatoms. The number of aromatic nitrogens is 4. The maximum Gasteiger partial charge on any atom is 0.293 e. The van der Waals surface area contributed by atoms with E-state index in [-0.39, 0.29) is 11.6 Å². The van der Waals surface area contributed by atoms with Gasteiger partial charge in [-0.25, -0.2) is 13.1 Å². The van der Waals surface area contributed by atoms with Crippen LogP contribution < -0.4 is 4.72 Å². The summed E-state index contributed by atoms with van der Waals surface area (Å²) < 4.78 is 33.5. The van der Waals surface area contributed by atoms with E-state index < -0.39 is 25.5 Å². The Kier molecular flexibility index (Phi) is 6.31. The number of aryl methyl sites for hydroxylation is 3. The third-order valence-corrected chi connectivity index (χ3v) is 8.96. The van der Waals surface area contributed by atoms with Gasteiger partial charge in [-0.05, 0) is 73.2 Å². The van der Waals surface area contributed by atoms with Gasteiger partial charge in [-0.1, -0.05) is 18.2 Å². The summed E-state index contributed by atoms with van der Waals surface area (Å²) in [6.07, 6.45) is 7.27. The lowest BCUT2D eigenvalue weighted by Crippen LogP contribution is -2.18. The number of rotatable bonds is 6. The number of anilines is 1. The largest absolute Gasteiger partial charge is 0.293 e. The number of fused-ring (bicyclic) bond motifs is 2. The van der Waals surface area contributed by atoms with Crippen molar-refractivity contribution in [3.05, 3.63) is 105 Å². The van der Waals surface area contributed by atoms with Gasteiger partial charge in [-0.2, -0.15) is 15.5 Å². The fraction of sp³-hybridized carbons (Fsp3) is 0.207. The molecular formula is C29H25N7O4S. The van der Waals surface area contributed by atoms with Crippen molar-refractivity contribution in [1.29, 1.82) is 5.26 Å². The van der Waals surface area contributed by atoms with Crippen LogP contribution in [0.25, 0.3) is 16.6 Å². The molecule has 2 heterocycles. The van der Waals surface area contributed by atoms with Gasteiger partial charge in [0.1, 0.15) is 5.69 Å². The number of sulfonamides is 1. The maximum atomic E-state index is 13.8. The van der Waals surface area contributed by atoms with Crippen molar-refractivity contribution in [1.82, 2.24) is 19.6 Å². The van der Waals surface area contributed by atoms with Gasteiger partial charge in [0, 0.05) is 23.9 Å². The molecule has 1 aliphatic carbocycles. The molecule has 3 aromatic carbocycles. The zero-order valence-electron chi connectivity index (χ0n) is 22.3. The number of nitrogens with zero attached hydrogens (tertiary/aromatic N) is 6. The Balaban J connectivity index is 1.43. The van der Waals surface area contributed by atoms with Gasteiger partial charge in [0.05, 0.1) is 46.4 Å². The average Bonchev–Trinajstić information content (AvgIpc) is 3.57. The molecule has 0 spiro atoms. The van der Waals surface area contributed by atoms with Crippen LogP contribution in [0.15, 0.2) is 72.0 Å². The molecule has 1 unspecified atom stereocenters. The number of nitro benzene ring substituents is 1. The Morgan fingerprint density at radius 2 is 1.95 bits per heavy atom. The molecule has 1 N–H and O–H groups in total. The van der Waals surface area contributed by atoms with E-state index >= 15 is 0 Å². The van der Waals surface area contributed by atoms with Crippen molar-refractivity contribution in [3.63, 3.8) is 0 Å². The highest BCUT2D eigenvalue weighted by Gasteiger charge is 2.34. The number of nitriles is 1. The highest BCUT2D eigenvalue weighted by molar-refractivity contribution is 7.92. The van der Waals surface area contributed by atoms with Crippen LogP contribution in [0.2, 0.25) is 0 Å². The minimum atomic E-state index is -4.37. The van der Waals surface area contributed by atoms with E-state index in [0.717, 1.165) is 29.4 Å². The van der Waals surface area contributed by atoms with Crippen LogP contribution in [0.1, 0.15) is 46.6 Å². The summed E-state index contributed by atoms with van der Waals surface area (Å²) in [7, 11) is -2.58. The molecule has 11 nitrogen and oxygen atoms in total. The van der Waals surface area contributed by atoms with Crippen molar-refractivity contribution >= 4 is 32.3 Å². The first-order chi connectivity index (χ1) is 19.7. The van der Waals surface area contributed by atoms with Crippen LogP contribution in [0.5, 0.6) is 0 Å². The summed E-state index contributed by atoms with van der Waals surface area (Å²) in [6.45, 7) is 1.76. The molecule has 5 aromatic rings. The van der Waals surface area contributed by atoms with Gasteiger partial charge in [-0.15, -0.1) is 0 Å². The molecule has 1 aliphatic rings. The van der Waals surface area contributed by atoms with E-state index in [4.69, 9.17) is 0 Å². The first-order valence-corrected chi connectivity index (χ1v) is 14.4. The minimum Gasteiger partial charge on any atom is -0.279 e. The van der Waals surface area contributed by atoms with Crippen LogP contribution >= 0.6 is 0 Å². The Bertz CT molecular complexity index is 2000. The minimum absolute atomic E-state index is 0.287. The summed E-state index contributed by atoms with van der Waals surface area (Å²) in [5.41, 5.74) is 4.54. The fourth-order valence-corrected chi connectivity index (χ4v) is 6.98. The first-order valence-electron chi connectivity index (χ1n) is 13.0. The molecule has 41 heavy (non-hydrogen) atoms. The molecule has 0 saturated heterocycles. The molecule has 0 saturated carbocycles. The molecule has 1 atom stereocenters. The Labute approximate surface area is 235 Å². The van der Waals surface area contributed by atoms with E-state index in [1.807, 2.05) is 18.2 Å². The first kappa shape index (κ1) is 26.2. The fourth-order valence-electron chi connectivity index (χ4n) is 5.66. The Morgan fingerprint density at radius 1 is 1.12 bits per heavy atom. The molecule has 0 fully saturated rings. The van der Waals surface area contributed by atoms with E-state index in [1.165, 1.54) is 6.07 Å². The van der Waals surface area contributed by atoms with Gasteiger partial charge < -0.3 is 0 Å². The van der Waals surface area contributed by atoms with E-state index in [2.05, 4.69) is 21.0 Å². The second-order valence-corrected chi connectivity index (χ2v) is 11.8. The van der Waals surface area contributed by atoms with Crippen molar-refractivity contribution in [2.75, 3.05) is 4.72 Å². The van der Waals surface area contributed by atoms with Gasteiger partial charge in [0.25, 0.3) is 15.7 Å². The summed E-state index contributed by atoms with van der Waals surface area (Å²) in [4.78, 5) is 11.4. The topological polar surface area (TPSA) is 149 Å². The van der Waals surface area contributed by atoms with Crippen LogP contribution in [0, 0.1) is 28.4 Å². The summed E-state index contributed by atoms with van der Waals surface area (Å²) >= 11 is 0. The lowest BCUT2D eigenvalue weighted by molar-refractivity contribution is -0.388. The van der Waals surface area contributed by atoms with Gasteiger partial charge >= 0.3 is 0 Å². The van der Waals surface area contributed by atoms with Crippen molar-refractivity contribution in [2.24, 2.45) is 7.05 Å². The lowest BCUT2D eigenvalue weighted by atomic mass is 9.78. The molecule has 2 aromatic heterocycles. The molecule has 0 amide bonds. The number of para-hydroxylation sites is 1. The second kappa shape index (κ2) is 9.87. The van der Waals surface area contributed by atoms with Gasteiger partial charge in [0.15, 0.2) is 4.90 Å². The molecule has 0 bridgehead atoms. The van der Waals surface area contributed by atoms with Crippen LogP contribution in [0.4, 0.5) is 11.4 Å². The maximum absolute atomic E-state index is 13.8. The smallest absolute Gasteiger partial charge is 0.279 e. The van der Waals surface area contributed by atoms with E-state index in [0.29, 0.717) is 34.3 Å². The molecular weight excluding hydrogens is 542 g/mol. The number of hydrogen-bond donors (Lipinski definition) is 1. The van der Waals surface area contributed by atoms with E-state index in [1.54, 1.807) is 66.2 Å². The normalized spacial score (nSPS) is 14.9. The van der Waals surface area contributed by atoms with Gasteiger partial charge in [0.2, 0.25) is 0 Å². The molecule has 6 rings (SSSR count).